The molecule has 1 amide bonds. The number of nitrogens with zero attached hydrogens (tertiary/aromatic N) is 3. The molecule has 132 valence electrons. The Labute approximate surface area is 159 Å². The van der Waals surface area contributed by atoms with Crippen molar-refractivity contribution in [2.45, 2.75) is 13.8 Å². The van der Waals surface area contributed by atoms with Crippen molar-refractivity contribution in [3.8, 4) is 0 Å². The molecule has 0 saturated carbocycles. The summed E-state index contributed by atoms with van der Waals surface area (Å²) < 4.78 is 7.08. The van der Waals surface area contributed by atoms with Gasteiger partial charge in [-0.3, -0.25) is 9.69 Å². The zero-order valence-corrected chi connectivity index (χ0v) is 16.6. The van der Waals surface area contributed by atoms with Crippen LogP contribution >= 0.6 is 27.3 Å². The van der Waals surface area contributed by atoms with E-state index in [1.807, 2.05) is 24.3 Å². The number of rotatable bonds is 7. The van der Waals surface area contributed by atoms with E-state index >= 15 is 0 Å². The Morgan fingerprint density at radius 2 is 1.92 bits per heavy atom. The largest absolute Gasteiger partial charge is 0.444 e. The van der Waals surface area contributed by atoms with Crippen molar-refractivity contribution < 1.29 is 9.21 Å². The van der Waals surface area contributed by atoms with Crippen LogP contribution in [0.5, 0.6) is 0 Å². The average Bonchev–Trinajstić information content (AvgIpc) is 3.24. The van der Waals surface area contributed by atoms with E-state index in [1.54, 1.807) is 17.0 Å². The van der Waals surface area contributed by atoms with E-state index in [0.717, 1.165) is 29.9 Å². The minimum Gasteiger partial charge on any atom is -0.444 e. The number of fused-ring (bicyclic) bond motifs is 1. The molecule has 5 nitrogen and oxygen atoms in total. The lowest BCUT2D eigenvalue weighted by molar-refractivity contribution is 0.0956. The summed E-state index contributed by atoms with van der Waals surface area (Å²) in [4.78, 5) is 21.6. The smallest absolute Gasteiger partial charge is 0.295 e. The van der Waals surface area contributed by atoms with Gasteiger partial charge in [-0.25, -0.2) is 4.98 Å². The maximum Gasteiger partial charge on any atom is 0.295 e. The minimum absolute atomic E-state index is 0.170. The Bertz CT molecular complexity index is 824. The quantitative estimate of drug-likeness (QED) is 0.557. The number of likely N-dealkylation sites (N-methyl/N-ethyl adjacent to an activating group) is 1. The molecule has 0 N–H and O–H groups in total. The number of carbonyl (C=O) groups excluding carboxylic acids is 1. The fourth-order valence-electron chi connectivity index (χ4n) is 2.60. The van der Waals surface area contributed by atoms with Crippen LogP contribution in [0.2, 0.25) is 0 Å². The number of thiazole rings is 1. The molecule has 0 aliphatic rings. The van der Waals surface area contributed by atoms with E-state index in [0.29, 0.717) is 22.1 Å². The zero-order valence-electron chi connectivity index (χ0n) is 14.2. The molecule has 2 heterocycles. The predicted octanol–water partition coefficient (Wildman–Crippen LogP) is 4.64. The van der Waals surface area contributed by atoms with Crippen molar-refractivity contribution in [3.05, 3.63) is 46.8 Å². The number of halogens is 1. The third-order valence-corrected chi connectivity index (χ3v) is 5.56. The molecule has 0 saturated heterocycles. The molecule has 0 radical (unpaired) electrons. The van der Waals surface area contributed by atoms with Crippen LogP contribution in [0.25, 0.3) is 10.2 Å². The summed E-state index contributed by atoms with van der Waals surface area (Å²) in [6.45, 7) is 7.50. The lowest BCUT2D eigenvalue weighted by atomic mass is 10.3. The van der Waals surface area contributed by atoms with Crippen LogP contribution < -0.4 is 4.90 Å². The van der Waals surface area contributed by atoms with Crippen LogP contribution in [0.1, 0.15) is 24.4 Å². The predicted molar refractivity (Wildman–Crippen MR) is 105 cm³/mol. The number of anilines is 1. The molecule has 3 rings (SSSR count). The molecule has 1 aromatic carbocycles. The second-order valence-corrected chi connectivity index (χ2v) is 7.34. The Balaban J connectivity index is 1.91. The molecule has 25 heavy (non-hydrogen) atoms. The number of hydrogen-bond acceptors (Lipinski definition) is 5. The fraction of sp³-hybridized carbons (Fsp3) is 0.333. The summed E-state index contributed by atoms with van der Waals surface area (Å²) in [5.74, 6) is 0.141. The summed E-state index contributed by atoms with van der Waals surface area (Å²) in [5.41, 5.74) is 0.906. The van der Waals surface area contributed by atoms with Gasteiger partial charge >= 0.3 is 0 Å². The van der Waals surface area contributed by atoms with Crippen molar-refractivity contribution in [2.24, 2.45) is 0 Å². The molecule has 0 fully saturated rings. The lowest BCUT2D eigenvalue weighted by Crippen LogP contribution is -2.38. The van der Waals surface area contributed by atoms with Crippen LogP contribution in [-0.4, -0.2) is 42.0 Å². The van der Waals surface area contributed by atoms with Crippen LogP contribution in [0.4, 0.5) is 5.13 Å². The number of aromatic nitrogens is 1. The molecular formula is C18H20BrN3O2S. The molecule has 0 atom stereocenters. The van der Waals surface area contributed by atoms with Crippen LogP contribution in [0.3, 0.4) is 0 Å². The van der Waals surface area contributed by atoms with E-state index in [4.69, 9.17) is 4.42 Å². The highest BCUT2D eigenvalue weighted by Gasteiger charge is 2.24. The highest BCUT2D eigenvalue weighted by molar-refractivity contribution is 9.10. The van der Waals surface area contributed by atoms with Gasteiger partial charge in [-0.1, -0.05) is 37.3 Å². The van der Waals surface area contributed by atoms with Gasteiger partial charge in [-0.2, -0.15) is 0 Å². The number of amides is 1. The van der Waals surface area contributed by atoms with E-state index < -0.39 is 0 Å². The first-order valence-electron chi connectivity index (χ1n) is 8.27. The van der Waals surface area contributed by atoms with E-state index in [1.165, 1.54) is 11.3 Å². The van der Waals surface area contributed by atoms with Gasteiger partial charge in [0.2, 0.25) is 0 Å². The van der Waals surface area contributed by atoms with Gasteiger partial charge in [0.05, 0.1) is 10.2 Å². The third kappa shape index (κ3) is 4.11. The second kappa shape index (κ2) is 8.12. The number of hydrogen-bond donors (Lipinski definition) is 0. The van der Waals surface area contributed by atoms with E-state index in [2.05, 4.69) is 39.7 Å². The van der Waals surface area contributed by atoms with Gasteiger partial charge in [0.1, 0.15) is 0 Å². The SMILES string of the molecule is CCN(CC)CCN(C(=O)c1ccc(Br)o1)c1nc2ccccc2s1. The maximum atomic E-state index is 13.0. The topological polar surface area (TPSA) is 49.6 Å². The molecule has 2 aromatic heterocycles. The van der Waals surface area contributed by atoms with Crippen molar-refractivity contribution >= 4 is 48.5 Å². The van der Waals surface area contributed by atoms with E-state index in [9.17, 15) is 4.79 Å². The highest BCUT2D eigenvalue weighted by atomic mass is 79.9. The summed E-state index contributed by atoms with van der Waals surface area (Å²) in [7, 11) is 0. The lowest BCUT2D eigenvalue weighted by Gasteiger charge is -2.24. The number of benzene rings is 1. The first-order valence-corrected chi connectivity index (χ1v) is 9.88. The van der Waals surface area contributed by atoms with Gasteiger partial charge in [0.25, 0.3) is 5.91 Å². The van der Waals surface area contributed by atoms with Crippen molar-refractivity contribution in [2.75, 3.05) is 31.1 Å². The van der Waals surface area contributed by atoms with Crippen LogP contribution in [0, 0.1) is 0 Å². The molecule has 0 bridgehead atoms. The molecule has 0 aliphatic heterocycles. The van der Waals surface area contributed by atoms with Crippen LogP contribution in [-0.2, 0) is 0 Å². The maximum absolute atomic E-state index is 13.0. The molecule has 3 aromatic rings. The first kappa shape index (κ1) is 18.1. The van der Waals surface area contributed by atoms with Gasteiger partial charge in [-0.15, -0.1) is 0 Å². The zero-order chi connectivity index (χ0) is 17.8. The van der Waals surface area contributed by atoms with Crippen LogP contribution in [0.15, 0.2) is 45.5 Å². The van der Waals surface area contributed by atoms with Gasteiger partial charge in [0.15, 0.2) is 15.6 Å². The fourth-order valence-corrected chi connectivity index (χ4v) is 3.90. The summed E-state index contributed by atoms with van der Waals surface area (Å²) in [5, 5.41) is 0.700. The average molecular weight is 422 g/mol. The first-order chi connectivity index (χ1) is 12.1. The third-order valence-electron chi connectivity index (χ3n) is 4.08. The standard InChI is InChI=1S/C18H20BrN3O2S/c1-3-21(4-2)11-12-22(17(23)14-9-10-16(19)24-14)18-20-13-7-5-6-8-15(13)25-18/h5-10H,3-4,11-12H2,1-2H3. The summed E-state index contributed by atoms with van der Waals surface area (Å²) in [6.07, 6.45) is 0. The Hall–Kier alpha value is -1.70. The number of furan rings is 1. The van der Waals surface area contributed by atoms with Gasteiger partial charge in [0, 0.05) is 13.1 Å². The molecule has 0 aliphatic carbocycles. The van der Waals surface area contributed by atoms with Crippen molar-refractivity contribution in [1.29, 1.82) is 0 Å². The van der Waals surface area contributed by atoms with Crippen molar-refractivity contribution in [3.63, 3.8) is 0 Å². The second-order valence-electron chi connectivity index (χ2n) is 5.55. The Morgan fingerprint density at radius 3 is 2.56 bits per heavy atom. The Kier molecular flexibility index (Phi) is 5.88. The molecule has 7 heteroatoms. The highest BCUT2D eigenvalue weighted by Crippen LogP contribution is 2.30. The molecule has 0 spiro atoms. The van der Waals surface area contributed by atoms with Gasteiger partial charge in [-0.05, 0) is 53.3 Å². The minimum atomic E-state index is -0.170. The normalized spacial score (nSPS) is 11.4. The number of para-hydroxylation sites is 1. The summed E-state index contributed by atoms with van der Waals surface area (Å²) in [6, 6.07) is 11.3. The summed E-state index contributed by atoms with van der Waals surface area (Å²) >= 11 is 4.78. The van der Waals surface area contributed by atoms with Gasteiger partial charge < -0.3 is 9.32 Å². The molecular weight excluding hydrogens is 402 g/mol. The van der Waals surface area contributed by atoms with Crippen molar-refractivity contribution in [1.82, 2.24) is 9.88 Å². The molecule has 0 unspecified atom stereocenters. The van der Waals surface area contributed by atoms with E-state index in [-0.39, 0.29) is 5.91 Å². The number of carbonyl (C=O) groups is 1. The Morgan fingerprint density at radius 1 is 1.16 bits per heavy atom. The monoisotopic (exact) mass is 421 g/mol.